The molecule has 0 spiro atoms. The molecule has 0 aliphatic heterocycles. The van der Waals surface area contributed by atoms with Crippen LogP contribution in [0, 0.1) is 11.6 Å². The molecule has 0 fully saturated rings. The first-order valence-electron chi connectivity index (χ1n) is 10.8. The van der Waals surface area contributed by atoms with Crippen LogP contribution in [0.3, 0.4) is 0 Å². The lowest BCUT2D eigenvalue weighted by Gasteiger charge is -2.13. The molecule has 3 aromatic carbocycles. The maximum absolute atomic E-state index is 14.4. The molecule has 5 aromatic rings. The molecule has 0 aliphatic carbocycles. The molecule has 0 aliphatic rings. The highest BCUT2D eigenvalue weighted by Gasteiger charge is 2.20. The molecule has 176 valence electrons. The van der Waals surface area contributed by atoms with E-state index in [1.807, 2.05) is 24.3 Å². The monoisotopic (exact) mass is 474 g/mol. The molecule has 0 N–H and O–H groups in total. The van der Waals surface area contributed by atoms with Crippen LogP contribution in [0.4, 0.5) is 8.78 Å². The van der Waals surface area contributed by atoms with Crippen molar-refractivity contribution in [3.05, 3.63) is 123 Å². The fraction of sp³-hybridized carbons (Fsp3) is 0.115. The van der Waals surface area contributed by atoms with Gasteiger partial charge < -0.3 is 9.30 Å². The molecule has 2 aromatic heterocycles. The number of fused-ring (bicyclic) bond motifs is 1. The molecule has 0 amide bonds. The summed E-state index contributed by atoms with van der Waals surface area (Å²) >= 11 is 0. The Hall–Kier alpha value is -4.53. The normalized spacial score (nSPS) is 11.2. The molecular weight excluding hydrogens is 454 g/mol. The summed E-state index contributed by atoms with van der Waals surface area (Å²) in [6, 6.07) is 18.6. The number of benzene rings is 3. The van der Waals surface area contributed by atoms with E-state index in [4.69, 9.17) is 4.74 Å². The van der Waals surface area contributed by atoms with Crippen molar-refractivity contribution < 1.29 is 13.5 Å². The van der Waals surface area contributed by atoms with Crippen molar-refractivity contribution >= 4 is 11.2 Å². The molecule has 5 rings (SSSR count). The summed E-state index contributed by atoms with van der Waals surface area (Å²) in [6.07, 6.45) is 1.47. The Labute approximate surface area is 198 Å². The third-order valence-corrected chi connectivity index (χ3v) is 5.76. The van der Waals surface area contributed by atoms with E-state index in [1.54, 1.807) is 17.7 Å². The van der Waals surface area contributed by atoms with Crippen molar-refractivity contribution in [3.63, 3.8) is 0 Å². The van der Waals surface area contributed by atoms with Gasteiger partial charge in [0.05, 0.1) is 25.7 Å². The maximum atomic E-state index is 14.4. The molecule has 0 bridgehead atoms. The predicted octanol–water partition coefficient (Wildman–Crippen LogP) is 3.73. The van der Waals surface area contributed by atoms with E-state index >= 15 is 0 Å². The Morgan fingerprint density at radius 2 is 1.69 bits per heavy atom. The summed E-state index contributed by atoms with van der Waals surface area (Å²) in [5.41, 5.74) is 0.345. The van der Waals surface area contributed by atoms with Gasteiger partial charge in [-0.25, -0.2) is 23.1 Å². The second kappa shape index (κ2) is 9.02. The molecule has 9 heteroatoms. The van der Waals surface area contributed by atoms with E-state index in [-0.39, 0.29) is 29.8 Å². The van der Waals surface area contributed by atoms with Crippen molar-refractivity contribution in [1.82, 2.24) is 18.7 Å². The highest BCUT2D eigenvalue weighted by atomic mass is 19.1. The number of hydrogen-bond acceptors (Lipinski definition) is 4. The van der Waals surface area contributed by atoms with Crippen LogP contribution in [0.5, 0.6) is 5.75 Å². The molecule has 35 heavy (non-hydrogen) atoms. The number of rotatable bonds is 6. The van der Waals surface area contributed by atoms with E-state index in [2.05, 4.69) is 4.98 Å². The summed E-state index contributed by atoms with van der Waals surface area (Å²) in [4.78, 5) is 31.4. The zero-order chi connectivity index (χ0) is 24.5. The van der Waals surface area contributed by atoms with Gasteiger partial charge in [0, 0.05) is 12.1 Å². The Balaban J connectivity index is 1.75. The Morgan fingerprint density at radius 1 is 0.914 bits per heavy atom. The average Bonchev–Trinajstić information content (AvgIpc) is 3.27. The molecule has 0 saturated heterocycles. The van der Waals surface area contributed by atoms with Crippen LogP contribution in [-0.2, 0) is 13.1 Å². The Bertz CT molecular complexity index is 1650. The molecule has 0 saturated carbocycles. The van der Waals surface area contributed by atoms with Gasteiger partial charge >= 0.3 is 5.69 Å². The zero-order valence-corrected chi connectivity index (χ0v) is 18.7. The van der Waals surface area contributed by atoms with E-state index in [1.165, 1.54) is 53.4 Å². The van der Waals surface area contributed by atoms with E-state index in [9.17, 15) is 18.4 Å². The Morgan fingerprint density at radius 3 is 2.43 bits per heavy atom. The highest BCUT2D eigenvalue weighted by molar-refractivity contribution is 5.72. The molecule has 0 radical (unpaired) electrons. The van der Waals surface area contributed by atoms with Crippen molar-refractivity contribution in [1.29, 1.82) is 0 Å². The quantitative estimate of drug-likeness (QED) is 0.376. The second-order valence-electron chi connectivity index (χ2n) is 7.97. The number of methoxy groups -OCH3 is 1. The van der Waals surface area contributed by atoms with Crippen LogP contribution in [0.1, 0.15) is 11.1 Å². The van der Waals surface area contributed by atoms with Crippen LogP contribution in [-0.4, -0.2) is 25.8 Å². The topological polar surface area (TPSA) is 71.1 Å². The number of ether oxygens (including phenoxy) is 1. The van der Waals surface area contributed by atoms with E-state index < -0.39 is 22.9 Å². The summed E-state index contributed by atoms with van der Waals surface area (Å²) in [7, 11) is 1.56. The van der Waals surface area contributed by atoms with Crippen molar-refractivity contribution in [2.75, 3.05) is 7.11 Å². The lowest BCUT2D eigenvalue weighted by atomic mass is 10.2. The third-order valence-electron chi connectivity index (χ3n) is 5.76. The second-order valence-corrected chi connectivity index (χ2v) is 7.97. The van der Waals surface area contributed by atoms with Gasteiger partial charge in [0.25, 0.3) is 5.56 Å². The fourth-order valence-corrected chi connectivity index (χ4v) is 4.03. The van der Waals surface area contributed by atoms with Crippen molar-refractivity contribution in [2.45, 2.75) is 13.1 Å². The number of hydrogen-bond donors (Lipinski definition) is 0. The zero-order valence-electron chi connectivity index (χ0n) is 18.7. The van der Waals surface area contributed by atoms with Crippen LogP contribution < -0.4 is 16.0 Å². The van der Waals surface area contributed by atoms with Gasteiger partial charge in [-0.2, -0.15) is 0 Å². The maximum Gasteiger partial charge on any atom is 0.337 e. The van der Waals surface area contributed by atoms with Gasteiger partial charge in [0.15, 0.2) is 11.2 Å². The molecular formula is C26H20F2N4O3. The van der Waals surface area contributed by atoms with Crippen molar-refractivity contribution in [2.24, 2.45) is 0 Å². The third kappa shape index (κ3) is 4.12. The smallest absolute Gasteiger partial charge is 0.337 e. The lowest BCUT2D eigenvalue weighted by molar-refractivity contribution is 0.414. The number of nitrogens with zero attached hydrogens (tertiary/aromatic N) is 4. The minimum absolute atomic E-state index is 0.124. The fourth-order valence-electron chi connectivity index (χ4n) is 4.03. The highest BCUT2D eigenvalue weighted by Crippen LogP contribution is 2.18. The number of imidazole rings is 1. The van der Waals surface area contributed by atoms with Crippen LogP contribution >= 0.6 is 0 Å². The van der Waals surface area contributed by atoms with Gasteiger partial charge in [-0.1, -0.05) is 30.3 Å². The average molecular weight is 474 g/mol. The van der Waals surface area contributed by atoms with E-state index in [0.29, 0.717) is 11.4 Å². The predicted molar refractivity (Wildman–Crippen MR) is 127 cm³/mol. The molecule has 0 unspecified atom stereocenters. The van der Waals surface area contributed by atoms with E-state index in [0.717, 1.165) is 10.1 Å². The minimum Gasteiger partial charge on any atom is -0.497 e. The SMILES string of the molecule is COc1cccc(Cn2cnc3c2c(=O)n(Cc2ccccc2F)c(=O)n3-c2ccc(F)cc2)c1. The van der Waals surface area contributed by atoms with Gasteiger partial charge in [0.1, 0.15) is 17.4 Å². The van der Waals surface area contributed by atoms with Crippen LogP contribution in [0.2, 0.25) is 0 Å². The molecule has 2 heterocycles. The Kier molecular flexibility index (Phi) is 5.74. The summed E-state index contributed by atoms with van der Waals surface area (Å²) in [5, 5.41) is 0. The van der Waals surface area contributed by atoms with Gasteiger partial charge in [-0.15, -0.1) is 0 Å². The largest absolute Gasteiger partial charge is 0.497 e. The van der Waals surface area contributed by atoms with Crippen LogP contribution in [0.15, 0.2) is 88.7 Å². The summed E-state index contributed by atoms with van der Waals surface area (Å²) in [5.74, 6) is -0.342. The first-order chi connectivity index (χ1) is 17.0. The lowest BCUT2D eigenvalue weighted by Crippen LogP contribution is -2.40. The van der Waals surface area contributed by atoms with Crippen molar-refractivity contribution in [3.8, 4) is 11.4 Å². The standard InChI is InChI=1S/C26H20F2N4O3/c1-35-21-7-4-5-17(13-21)14-30-16-29-24-23(30)25(33)31(15-18-6-2-3-8-22(18)28)26(34)32(24)20-11-9-19(27)10-12-20/h2-13,16H,14-15H2,1H3. The first-order valence-corrected chi connectivity index (χ1v) is 10.8. The van der Waals surface area contributed by atoms with Crippen LogP contribution in [0.25, 0.3) is 16.9 Å². The number of halogens is 2. The summed E-state index contributed by atoms with van der Waals surface area (Å²) in [6.45, 7) is 0.00999. The van der Waals surface area contributed by atoms with Gasteiger partial charge in [0.2, 0.25) is 0 Å². The minimum atomic E-state index is -0.705. The first kappa shape index (κ1) is 22.3. The summed E-state index contributed by atoms with van der Waals surface area (Å²) < 4.78 is 37.1. The van der Waals surface area contributed by atoms with Gasteiger partial charge in [-0.3, -0.25) is 9.36 Å². The number of aromatic nitrogens is 4. The van der Waals surface area contributed by atoms with Gasteiger partial charge in [-0.05, 0) is 48.0 Å². The molecule has 7 nitrogen and oxygen atoms in total. The molecule has 0 atom stereocenters.